The van der Waals surface area contributed by atoms with Crippen LogP contribution in [0.3, 0.4) is 0 Å². The lowest BCUT2D eigenvalue weighted by molar-refractivity contribution is 0.809. The molecule has 0 aliphatic rings. The van der Waals surface area contributed by atoms with E-state index in [1.165, 1.54) is 38.7 Å². The van der Waals surface area contributed by atoms with Crippen LogP contribution in [-0.2, 0) is 0 Å². The second-order valence-corrected chi connectivity index (χ2v) is 7.68. The largest absolute Gasteiger partial charge is 0.0972 e. The smallest absolute Gasteiger partial charge is 0.0119 e. The Morgan fingerprint density at radius 3 is 1.95 bits per heavy atom. The molecule has 0 N–H and O–H groups in total. The molecule has 2 rings (SSSR count). The van der Waals surface area contributed by atoms with E-state index in [4.69, 9.17) is 0 Å². The molecule has 0 heterocycles. The minimum atomic E-state index is 1.16. The number of unbranched alkanes of at least 4 members (excludes halogenated alkanes) is 1. The van der Waals surface area contributed by atoms with Crippen molar-refractivity contribution in [2.24, 2.45) is 0 Å². The second-order valence-electron chi connectivity index (χ2n) is 5.53. The van der Waals surface area contributed by atoms with E-state index in [0.717, 1.165) is 6.42 Å². The Morgan fingerprint density at radius 1 is 0.864 bits per heavy atom. The molecule has 0 bridgehead atoms. The zero-order valence-corrected chi connectivity index (χ0v) is 15.3. The Labute approximate surface area is 143 Å². The van der Waals surface area contributed by atoms with Crippen LogP contribution in [0.1, 0.15) is 37.3 Å². The lowest BCUT2D eigenvalue weighted by Gasteiger charge is -2.07. The summed E-state index contributed by atoms with van der Waals surface area (Å²) in [5.41, 5.74) is 2.63. The predicted octanol–water partition coefficient (Wildman–Crippen LogP) is 7.22. The summed E-state index contributed by atoms with van der Waals surface area (Å²) in [7, 11) is 0. The Bertz CT molecular complexity index is 595. The predicted molar refractivity (Wildman–Crippen MR) is 102 cm³/mol. The molecule has 0 atom stereocenters. The topological polar surface area (TPSA) is 0 Å². The van der Waals surface area contributed by atoms with Gasteiger partial charge in [-0.25, -0.2) is 0 Å². The molecule has 2 aromatic rings. The Hall–Kier alpha value is -1.12. The molecular formula is C20H24S2. The Kier molecular flexibility index (Phi) is 7.14. The van der Waals surface area contributed by atoms with E-state index in [1.807, 2.05) is 23.5 Å². The third-order valence-corrected chi connectivity index (χ3v) is 5.58. The van der Waals surface area contributed by atoms with Crippen molar-refractivity contribution in [3.8, 4) is 0 Å². The standard InChI is InChI=1S/C20H24S2/c1-4-5-6-20(22-19-13-9-17(3)10-14-19)15-21-18-11-7-16(2)8-12-18/h7-15H,4-6H2,1-3H3/b20-15-. The van der Waals surface area contributed by atoms with Crippen LogP contribution < -0.4 is 0 Å². The van der Waals surface area contributed by atoms with E-state index in [0.29, 0.717) is 0 Å². The van der Waals surface area contributed by atoms with E-state index < -0.39 is 0 Å². The number of thioether (sulfide) groups is 2. The van der Waals surface area contributed by atoms with Crippen LogP contribution >= 0.6 is 23.5 Å². The average molecular weight is 329 g/mol. The maximum Gasteiger partial charge on any atom is 0.0119 e. The highest BCUT2D eigenvalue weighted by Crippen LogP contribution is 2.34. The van der Waals surface area contributed by atoms with Crippen LogP contribution in [0.15, 0.2) is 68.6 Å². The van der Waals surface area contributed by atoms with Crippen molar-refractivity contribution in [3.05, 3.63) is 70.0 Å². The molecule has 0 unspecified atom stereocenters. The molecule has 0 fully saturated rings. The lowest BCUT2D eigenvalue weighted by atomic mass is 10.2. The van der Waals surface area contributed by atoms with Gasteiger partial charge in [0.15, 0.2) is 0 Å². The van der Waals surface area contributed by atoms with Gasteiger partial charge in [-0.3, -0.25) is 0 Å². The van der Waals surface area contributed by atoms with Gasteiger partial charge in [0.2, 0.25) is 0 Å². The van der Waals surface area contributed by atoms with Crippen molar-refractivity contribution < 1.29 is 0 Å². The van der Waals surface area contributed by atoms with Gasteiger partial charge in [-0.2, -0.15) is 0 Å². The molecular weight excluding hydrogens is 304 g/mol. The van der Waals surface area contributed by atoms with Crippen LogP contribution in [0.4, 0.5) is 0 Å². The SMILES string of the molecule is CCCC/C(=C/Sc1ccc(C)cc1)Sc1ccc(C)cc1. The maximum absolute atomic E-state index is 2.32. The molecule has 0 aliphatic heterocycles. The summed E-state index contributed by atoms with van der Waals surface area (Å²) in [6.45, 7) is 6.51. The number of aryl methyl sites for hydroxylation is 2. The van der Waals surface area contributed by atoms with Gasteiger partial charge in [0.1, 0.15) is 0 Å². The van der Waals surface area contributed by atoms with Crippen LogP contribution in [0.2, 0.25) is 0 Å². The number of rotatable bonds is 7. The number of allylic oxidation sites excluding steroid dienone is 1. The molecule has 0 amide bonds. The molecule has 2 heteroatoms. The van der Waals surface area contributed by atoms with E-state index in [9.17, 15) is 0 Å². The zero-order valence-electron chi connectivity index (χ0n) is 13.6. The highest BCUT2D eigenvalue weighted by Gasteiger charge is 2.02. The maximum atomic E-state index is 2.32. The summed E-state index contributed by atoms with van der Waals surface area (Å²) in [5.74, 6) is 0. The van der Waals surface area contributed by atoms with Crippen molar-refractivity contribution >= 4 is 23.5 Å². The van der Waals surface area contributed by atoms with Gasteiger partial charge >= 0.3 is 0 Å². The molecule has 0 saturated heterocycles. The molecule has 116 valence electrons. The first-order valence-electron chi connectivity index (χ1n) is 7.84. The summed E-state index contributed by atoms with van der Waals surface area (Å²) in [5, 5.41) is 2.32. The van der Waals surface area contributed by atoms with Gasteiger partial charge in [-0.05, 0) is 61.3 Å². The molecule has 0 spiro atoms. The molecule has 0 aromatic heterocycles. The zero-order chi connectivity index (χ0) is 15.8. The quantitative estimate of drug-likeness (QED) is 0.492. The summed E-state index contributed by atoms with van der Waals surface area (Å²) in [6, 6.07) is 17.6. The first-order chi connectivity index (χ1) is 10.7. The fourth-order valence-electron chi connectivity index (χ4n) is 1.99. The highest BCUT2D eigenvalue weighted by molar-refractivity contribution is 8.06. The van der Waals surface area contributed by atoms with Gasteiger partial charge in [0, 0.05) is 9.79 Å². The van der Waals surface area contributed by atoms with Crippen molar-refractivity contribution in [3.63, 3.8) is 0 Å². The summed E-state index contributed by atoms with van der Waals surface area (Å²) >= 11 is 3.73. The van der Waals surface area contributed by atoms with Gasteiger partial charge in [0.25, 0.3) is 0 Å². The molecule has 0 nitrogen and oxygen atoms in total. The van der Waals surface area contributed by atoms with Crippen molar-refractivity contribution in [1.82, 2.24) is 0 Å². The van der Waals surface area contributed by atoms with Crippen LogP contribution in [-0.4, -0.2) is 0 Å². The number of hydrogen-bond donors (Lipinski definition) is 0. The first-order valence-corrected chi connectivity index (χ1v) is 9.54. The third-order valence-electron chi connectivity index (χ3n) is 3.39. The third kappa shape index (κ3) is 5.94. The van der Waals surface area contributed by atoms with Crippen LogP contribution in [0.5, 0.6) is 0 Å². The Balaban J connectivity index is 2.05. The molecule has 0 saturated carbocycles. The van der Waals surface area contributed by atoms with Gasteiger partial charge < -0.3 is 0 Å². The van der Waals surface area contributed by atoms with E-state index >= 15 is 0 Å². The Morgan fingerprint density at radius 2 is 1.41 bits per heavy atom. The van der Waals surface area contributed by atoms with Crippen molar-refractivity contribution in [2.75, 3.05) is 0 Å². The first kappa shape index (κ1) is 17.2. The van der Waals surface area contributed by atoms with Crippen LogP contribution in [0, 0.1) is 13.8 Å². The van der Waals surface area contributed by atoms with Gasteiger partial charge in [-0.1, -0.05) is 72.3 Å². The molecule has 0 radical (unpaired) electrons. The van der Waals surface area contributed by atoms with Crippen molar-refractivity contribution in [2.45, 2.75) is 49.8 Å². The fraction of sp³-hybridized carbons (Fsp3) is 0.300. The summed E-state index contributed by atoms with van der Waals surface area (Å²) in [6.07, 6.45) is 3.65. The lowest BCUT2D eigenvalue weighted by Crippen LogP contribution is -1.80. The minimum absolute atomic E-state index is 1.16. The summed E-state index contributed by atoms with van der Waals surface area (Å²) < 4.78 is 0. The monoisotopic (exact) mass is 328 g/mol. The summed E-state index contributed by atoms with van der Waals surface area (Å²) in [4.78, 5) is 4.10. The number of hydrogen-bond acceptors (Lipinski definition) is 2. The van der Waals surface area contributed by atoms with E-state index in [1.54, 1.807) is 0 Å². The van der Waals surface area contributed by atoms with Crippen molar-refractivity contribution in [1.29, 1.82) is 0 Å². The fourth-order valence-corrected chi connectivity index (χ4v) is 3.83. The molecule has 22 heavy (non-hydrogen) atoms. The minimum Gasteiger partial charge on any atom is -0.0972 e. The molecule has 2 aromatic carbocycles. The second kappa shape index (κ2) is 9.12. The molecule has 0 aliphatic carbocycles. The van der Waals surface area contributed by atoms with Gasteiger partial charge in [0.05, 0.1) is 0 Å². The van der Waals surface area contributed by atoms with Gasteiger partial charge in [-0.15, -0.1) is 0 Å². The van der Waals surface area contributed by atoms with Crippen LogP contribution in [0.25, 0.3) is 0 Å². The number of benzene rings is 2. The van der Waals surface area contributed by atoms with E-state index in [-0.39, 0.29) is 0 Å². The van der Waals surface area contributed by atoms with E-state index in [2.05, 4.69) is 74.7 Å². The average Bonchev–Trinajstić information content (AvgIpc) is 2.53. The normalized spacial score (nSPS) is 11.7. The highest BCUT2D eigenvalue weighted by atomic mass is 32.2.